The first-order valence-corrected chi connectivity index (χ1v) is 11.9. The van der Waals surface area contributed by atoms with Crippen LogP contribution >= 0.6 is 23.2 Å². The molecule has 1 N–H and O–H groups in total. The van der Waals surface area contributed by atoms with Crippen molar-refractivity contribution in [2.75, 3.05) is 12.9 Å². The van der Waals surface area contributed by atoms with E-state index >= 15 is 0 Å². The van der Waals surface area contributed by atoms with Crippen LogP contribution in [-0.4, -0.2) is 44.4 Å². The number of esters is 1. The highest BCUT2D eigenvalue weighted by Gasteiger charge is 2.71. The lowest BCUT2D eigenvalue weighted by molar-refractivity contribution is -0.153. The fourth-order valence-corrected chi connectivity index (χ4v) is 7.17. The van der Waals surface area contributed by atoms with Gasteiger partial charge in [-0.15, -0.1) is 0 Å². The summed E-state index contributed by atoms with van der Waals surface area (Å²) in [6.45, 7) is 0. The van der Waals surface area contributed by atoms with Gasteiger partial charge in [0.1, 0.15) is 0 Å². The van der Waals surface area contributed by atoms with Crippen molar-refractivity contribution in [3.05, 3.63) is 69.7 Å². The van der Waals surface area contributed by atoms with Gasteiger partial charge in [-0.3, -0.25) is 9.59 Å². The summed E-state index contributed by atoms with van der Waals surface area (Å²) in [4.78, 5) is 44.1. The molecule has 0 saturated carbocycles. The third-order valence-corrected chi connectivity index (χ3v) is 8.55. The van der Waals surface area contributed by atoms with Crippen molar-refractivity contribution >= 4 is 50.9 Å². The number of carbonyl (C=O) groups excluding carboxylic acids is 3. The average molecular weight is 498 g/mol. The third kappa shape index (κ3) is 3.35. The minimum absolute atomic E-state index is 0.251. The standard InChI is InChI=1S/C21H17Cl2NO7S/c1-30-18(25)17-16(12-4-8-14(23)9-5-12)21(19(26)24-31-20(21)27)15(10-32(17,28)29)11-2-6-13(22)7-3-11/h2-9,15-17H,10H2,1H3,(H,24,26)/t15-,16-,17+,21?/m0/s1. The molecule has 2 aliphatic heterocycles. The number of amides is 1. The number of sulfone groups is 1. The smallest absolute Gasteiger partial charge is 0.349 e. The molecule has 2 heterocycles. The van der Waals surface area contributed by atoms with Crippen LogP contribution in [-0.2, 0) is 33.8 Å². The van der Waals surface area contributed by atoms with Crippen LogP contribution in [0.15, 0.2) is 48.5 Å². The summed E-state index contributed by atoms with van der Waals surface area (Å²) >= 11 is 12.0. The lowest BCUT2D eigenvalue weighted by atomic mass is 9.61. The predicted octanol–water partition coefficient (Wildman–Crippen LogP) is 2.41. The highest BCUT2D eigenvalue weighted by atomic mass is 35.5. The molecule has 168 valence electrons. The molecule has 2 fully saturated rings. The number of carbonyl (C=O) groups is 3. The molecule has 0 radical (unpaired) electrons. The number of nitrogens with one attached hydrogen (secondary N) is 1. The first-order chi connectivity index (χ1) is 15.1. The van der Waals surface area contributed by atoms with Gasteiger partial charge in [0.25, 0.3) is 5.91 Å². The van der Waals surface area contributed by atoms with Gasteiger partial charge < -0.3 is 9.57 Å². The van der Waals surface area contributed by atoms with Gasteiger partial charge in [-0.05, 0) is 35.4 Å². The van der Waals surface area contributed by atoms with Gasteiger partial charge in [0.2, 0.25) is 0 Å². The molecule has 1 spiro atoms. The Kier molecular flexibility index (Phi) is 5.68. The molecular formula is C21H17Cl2NO7S. The fraction of sp³-hybridized carbons (Fsp3) is 0.286. The number of methoxy groups -OCH3 is 1. The third-order valence-electron chi connectivity index (χ3n) is 6.01. The van der Waals surface area contributed by atoms with Crippen molar-refractivity contribution < 1.29 is 32.4 Å². The summed E-state index contributed by atoms with van der Waals surface area (Å²) in [6.07, 6.45) is 0. The molecule has 4 rings (SSSR count). The van der Waals surface area contributed by atoms with E-state index in [1.54, 1.807) is 12.1 Å². The molecule has 2 aromatic rings. The molecule has 2 aromatic carbocycles. The first-order valence-electron chi connectivity index (χ1n) is 9.45. The van der Waals surface area contributed by atoms with E-state index in [-0.39, 0.29) is 5.56 Å². The topological polar surface area (TPSA) is 116 Å². The van der Waals surface area contributed by atoms with Gasteiger partial charge in [0, 0.05) is 21.9 Å². The van der Waals surface area contributed by atoms with Gasteiger partial charge in [-0.2, -0.15) is 5.48 Å². The molecular weight excluding hydrogens is 481 g/mol. The number of hydrogen-bond donors (Lipinski definition) is 1. The van der Waals surface area contributed by atoms with Crippen LogP contribution in [0.4, 0.5) is 0 Å². The van der Waals surface area contributed by atoms with Crippen molar-refractivity contribution in [2.24, 2.45) is 5.41 Å². The Morgan fingerprint density at radius 3 is 2.03 bits per heavy atom. The van der Waals surface area contributed by atoms with E-state index in [4.69, 9.17) is 32.8 Å². The molecule has 2 saturated heterocycles. The number of benzene rings is 2. The van der Waals surface area contributed by atoms with Gasteiger partial charge in [0.05, 0.1) is 12.9 Å². The van der Waals surface area contributed by atoms with Gasteiger partial charge >= 0.3 is 11.9 Å². The maximum Gasteiger partial charge on any atom is 0.349 e. The first kappa shape index (κ1) is 22.6. The van der Waals surface area contributed by atoms with Crippen LogP contribution in [0.2, 0.25) is 10.0 Å². The van der Waals surface area contributed by atoms with Gasteiger partial charge in [0.15, 0.2) is 20.5 Å². The molecule has 0 aliphatic carbocycles. The van der Waals surface area contributed by atoms with Crippen LogP contribution in [0.5, 0.6) is 0 Å². The molecule has 0 aromatic heterocycles. The SMILES string of the molecule is COC(=O)[C@H]1[C@H](c2ccc(Cl)cc2)C2(C(=O)NOC2=O)[C@H](c2ccc(Cl)cc2)CS1(=O)=O. The number of rotatable bonds is 3. The van der Waals surface area contributed by atoms with E-state index in [2.05, 4.69) is 5.48 Å². The number of ether oxygens (including phenoxy) is 1. The zero-order chi connectivity index (χ0) is 23.3. The Bertz CT molecular complexity index is 1180. The summed E-state index contributed by atoms with van der Waals surface area (Å²) in [5, 5.41) is -1.07. The van der Waals surface area contributed by atoms with Crippen LogP contribution in [0.25, 0.3) is 0 Å². The number of halogens is 2. The molecule has 1 amide bonds. The Hall–Kier alpha value is -2.62. The Balaban J connectivity index is 2.05. The summed E-state index contributed by atoms with van der Waals surface area (Å²) in [6, 6.07) is 12.1. The quantitative estimate of drug-likeness (QED) is 0.511. The lowest BCUT2D eigenvalue weighted by Crippen LogP contribution is -2.60. The maximum atomic E-state index is 13.4. The summed E-state index contributed by atoms with van der Waals surface area (Å²) in [5.74, 6) is -6.13. The largest absolute Gasteiger partial charge is 0.468 e. The van der Waals surface area contributed by atoms with E-state index in [1.165, 1.54) is 36.4 Å². The molecule has 8 nitrogen and oxygen atoms in total. The second-order valence-corrected chi connectivity index (χ2v) is 10.6. The normalized spacial score (nSPS) is 28.8. The Morgan fingerprint density at radius 1 is 1.03 bits per heavy atom. The van der Waals surface area contributed by atoms with E-state index in [9.17, 15) is 22.8 Å². The fourth-order valence-electron chi connectivity index (χ4n) is 4.61. The summed E-state index contributed by atoms with van der Waals surface area (Å²) in [7, 11) is -3.14. The van der Waals surface area contributed by atoms with Crippen molar-refractivity contribution in [2.45, 2.75) is 17.1 Å². The zero-order valence-electron chi connectivity index (χ0n) is 16.6. The van der Waals surface area contributed by atoms with E-state index in [0.717, 1.165) is 7.11 Å². The zero-order valence-corrected chi connectivity index (χ0v) is 18.9. The molecule has 32 heavy (non-hydrogen) atoms. The summed E-state index contributed by atoms with van der Waals surface area (Å²) in [5.41, 5.74) is 0.654. The number of hydrogen-bond acceptors (Lipinski definition) is 7. The highest BCUT2D eigenvalue weighted by molar-refractivity contribution is 7.92. The second kappa shape index (κ2) is 8.06. The van der Waals surface area contributed by atoms with E-state index in [0.29, 0.717) is 15.6 Å². The van der Waals surface area contributed by atoms with Crippen molar-refractivity contribution in [3.8, 4) is 0 Å². The van der Waals surface area contributed by atoms with Crippen LogP contribution < -0.4 is 5.48 Å². The molecule has 2 aliphatic rings. The van der Waals surface area contributed by atoms with Crippen molar-refractivity contribution in [3.63, 3.8) is 0 Å². The van der Waals surface area contributed by atoms with E-state index < -0.39 is 55.9 Å². The number of hydroxylamine groups is 1. The molecule has 0 bridgehead atoms. The average Bonchev–Trinajstić information content (AvgIpc) is 3.05. The molecule has 11 heteroatoms. The monoisotopic (exact) mass is 497 g/mol. The molecule has 4 atom stereocenters. The Morgan fingerprint density at radius 2 is 1.56 bits per heavy atom. The minimum Gasteiger partial charge on any atom is -0.468 e. The van der Waals surface area contributed by atoms with Crippen LogP contribution in [0, 0.1) is 5.41 Å². The predicted molar refractivity (Wildman–Crippen MR) is 115 cm³/mol. The van der Waals surface area contributed by atoms with Crippen molar-refractivity contribution in [1.82, 2.24) is 5.48 Å². The maximum absolute atomic E-state index is 13.4. The van der Waals surface area contributed by atoms with Crippen molar-refractivity contribution in [1.29, 1.82) is 0 Å². The second-order valence-electron chi connectivity index (χ2n) is 7.60. The van der Waals surface area contributed by atoms with Crippen LogP contribution in [0.3, 0.4) is 0 Å². The van der Waals surface area contributed by atoms with Crippen LogP contribution in [0.1, 0.15) is 23.0 Å². The van der Waals surface area contributed by atoms with Gasteiger partial charge in [-0.1, -0.05) is 47.5 Å². The van der Waals surface area contributed by atoms with E-state index in [1.807, 2.05) is 0 Å². The summed E-state index contributed by atoms with van der Waals surface area (Å²) < 4.78 is 31.6. The minimum atomic E-state index is -4.19. The highest BCUT2D eigenvalue weighted by Crippen LogP contribution is 2.57. The Labute approximate surface area is 193 Å². The van der Waals surface area contributed by atoms with Gasteiger partial charge in [-0.25, -0.2) is 13.2 Å². The molecule has 1 unspecified atom stereocenters. The lowest BCUT2D eigenvalue weighted by Gasteiger charge is -2.45.